The van der Waals surface area contributed by atoms with Gasteiger partial charge in [-0.1, -0.05) is 12.1 Å². The summed E-state index contributed by atoms with van der Waals surface area (Å²) in [6.45, 7) is 5.23. The van der Waals surface area contributed by atoms with Gasteiger partial charge in [0.2, 0.25) is 0 Å². The van der Waals surface area contributed by atoms with Gasteiger partial charge in [-0.15, -0.1) is 0 Å². The highest BCUT2D eigenvalue weighted by atomic mass is 16.5. The van der Waals surface area contributed by atoms with Gasteiger partial charge in [0.1, 0.15) is 5.54 Å². The normalized spacial score (nSPS) is 16.2. The van der Waals surface area contributed by atoms with Crippen LogP contribution in [0.5, 0.6) is 0 Å². The molecule has 0 spiro atoms. The number of amides is 1. The highest BCUT2D eigenvalue weighted by molar-refractivity contribution is 5.97. The lowest BCUT2D eigenvalue weighted by Gasteiger charge is -2.33. The van der Waals surface area contributed by atoms with E-state index in [0.717, 1.165) is 17.0 Å². The van der Waals surface area contributed by atoms with Crippen LogP contribution in [0.15, 0.2) is 30.3 Å². The molecule has 0 saturated carbocycles. The number of aromatic nitrogens is 2. The Hall–Kier alpha value is -2.67. The molecule has 0 aliphatic carbocycles. The number of carboxylic acids is 1. The van der Waals surface area contributed by atoms with Crippen molar-refractivity contribution in [1.29, 1.82) is 0 Å². The Kier molecular flexibility index (Phi) is 5.08. The second-order valence-corrected chi connectivity index (χ2v) is 6.74. The Morgan fingerprint density at radius 1 is 1.23 bits per heavy atom. The molecule has 1 aliphatic rings. The highest BCUT2D eigenvalue weighted by Crippen LogP contribution is 2.22. The van der Waals surface area contributed by atoms with Gasteiger partial charge in [0.15, 0.2) is 0 Å². The lowest BCUT2D eigenvalue weighted by Crippen LogP contribution is -2.57. The molecule has 1 fully saturated rings. The van der Waals surface area contributed by atoms with Crippen LogP contribution in [0.1, 0.15) is 40.2 Å². The van der Waals surface area contributed by atoms with Gasteiger partial charge < -0.3 is 15.2 Å². The predicted molar refractivity (Wildman–Crippen MR) is 95.1 cm³/mol. The molecule has 1 aromatic heterocycles. The Balaban J connectivity index is 1.70. The van der Waals surface area contributed by atoms with E-state index in [4.69, 9.17) is 4.74 Å². The van der Waals surface area contributed by atoms with Crippen molar-refractivity contribution in [3.63, 3.8) is 0 Å². The molecule has 1 aromatic carbocycles. The van der Waals surface area contributed by atoms with E-state index in [-0.39, 0.29) is 18.7 Å². The molecule has 1 aliphatic heterocycles. The molecule has 0 radical (unpaired) electrons. The van der Waals surface area contributed by atoms with Gasteiger partial charge in [-0.3, -0.25) is 9.48 Å². The number of carbonyl (C=O) groups is 2. The van der Waals surface area contributed by atoms with E-state index in [2.05, 4.69) is 10.4 Å². The molecule has 26 heavy (non-hydrogen) atoms. The molecular weight excluding hydrogens is 334 g/mol. The first-order valence-electron chi connectivity index (χ1n) is 8.63. The molecule has 1 saturated heterocycles. The van der Waals surface area contributed by atoms with E-state index in [1.807, 2.05) is 36.7 Å². The number of hydrogen-bond donors (Lipinski definition) is 2. The number of benzene rings is 1. The van der Waals surface area contributed by atoms with Gasteiger partial charge in [0.25, 0.3) is 5.91 Å². The van der Waals surface area contributed by atoms with Crippen LogP contribution < -0.4 is 5.32 Å². The average Bonchev–Trinajstić information content (AvgIpc) is 2.93. The molecule has 2 N–H and O–H groups in total. The quantitative estimate of drug-likeness (QED) is 0.853. The second-order valence-electron chi connectivity index (χ2n) is 6.74. The van der Waals surface area contributed by atoms with E-state index >= 15 is 0 Å². The van der Waals surface area contributed by atoms with Crippen molar-refractivity contribution in [3.05, 3.63) is 52.8 Å². The maximum absolute atomic E-state index is 12.5. The number of carboxylic acid groups (broad SMARTS) is 1. The van der Waals surface area contributed by atoms with Gasteiger partial charge in [-0.05, 0) is 37.6 Å². The summed E-state index contributed by atoms with van der Waals surface area (Å²) in [6, 6.07) is 9.17. The molecule has 0 atom stereocenters. The van der Waals surface area contributed by atoms with E-state index in [1.54, 1.807) is 12.1 Å². The first kappa shape index (κ1) is 18.1. The molecule has 0 bridgehead atoms. The molecule has 0 unspecified atom stereocenters. The molecule has 138 valence electrons. The number of nitrogens with zero attached hydrogens (tertiary/aromatic N) is 2. The predicted octanol–water partition coefficient (Wildman–Crippen LogP) is 1.91. The fraction of sp³-hybridized carbons (Fsp3) is 0.421. The number of hydrogen-bond acceptors (Lipinski definition) is 4. The SMILES string of the molecule is Cc1cc(C)n(Cc2ccc(C(=O)NC3(C(=O)O)CCOCC3)cc2)n1. The van der Waals surface area contributed by atoms with Crippen LogP contribution in [-0.2, 0) is 16.1 Å². The summed E-state index contributed by atoms with van der Waals surface area (Å²) in [5.74, 6) is -1.40. The Labute approximate surface area is 152 Å². The second kappa shape index (κ2) is 7.29. The van der Waals surface area contributed by atoms with Crippen LogP contribution in [-0.4, -0.2) is 45.5 Å². The number of rotatable bonds is 5. The van der Waals surface area contributed by atoms with Gasteiger partial charge in [-0.25, -0.2) is 4.79 Å². The number of carbonyl (C=O) groups excluding carboxylic acids is 1. The first-order valence-corrected chi connectivity index (χ1v) is 8.63. The fourth-order valence-corrected chi connectivity index (χ4v) is 3.17. The minimum Gasteiger partial charge on any atom is -0.480 e. The van der Waals surface area contributed by atoms with Crippen molar-refractivity contribution in [2.24, 2.45) is 0 Å². The van der Waals surface area contributed by atoms with Crippen LogP contribution in [0, 0.1) is 13.8 Å². The average molecular weight is 357 g/mol. The van der Waals surface area contributed by atoms with Gasteiger partial charge in [0, 0.05) is 37.3 Å². The third-order valence-electron chi connectivity index (χ3n) is 4.76. The van der Waals surface area contributed by atoms with Gasteiger partial charge in [-0.2, -0.15) is 5.10 Å². The zero-order chi connectivity index (χ0) is 18.7. The van der Waals surface area contributed by atoms with Crippen LogP contribution in [0.3, 0.4) is 0 Å². The summed E-state index contributed by atoms with van der Waals surface area (Å²) < 4.78 is 7.13. The zero-order valence-corrected chi connectivity index (χ0v) is 15.0. The van der Waals surface area contributed by atoms with Crippen molar-refractivity contribution in [2.75, 3.05) is 13.2 Å². The van der Waals surface area contributed by atoms with Gasteiger partial charge in [0.05, 0.1) is 12.2 Å². The third kappa shape index (κ3) is 3.77. The summed E-state index contributed by atoms with van der Waals surface area (Å²) in [6.07, 6.45) is 0.536. The zero-order valence-electron chi connectivity index (χ0n) is 15.0. The van der Waals surface area contributed by atoms with Crippen molar-refractivity contribution < 1.29 is 19.4 Å². The Morgan fingerprint density at radius 2 is 1.88 bits per heavy atom. The largest absolute Gasteiger partial charge is 0.480 e. The third-order valence-corrected chi connectivity index (χ3v) is 4.76. The van der Waals surface area contributed by atoms with Crippen molar-refractivity contribution in [3.8, 4) is 0 Å². The van der Waals surface area contributed by atoms with Crippen LogP contribution in [0.2, 0.25) is 0 Å². The number of ether oxygens (including phenoxy) is 1. The molecule has 2 heterocycles. The molecule has 7 heteroatoms. The maximum atomic E-state index is 12.5. The van der Waals surface area contributed by atoms with E-state index in [9.17, 15) is 14.7 Å². The van der Waals surface area contributed by atoms with E-state index in [1.165, 1.54) is 0 Å². The lowest BCUT2D eigenvalue weighted by molar-refractivity contribution is -0.148. The summed E-state index contributed by atoms with van der Waals surface area (Å²) in [4.78, 5) is 24.2. The molecular formula is C19H23N3O4. The Morgan fingerprint density at radius 3 is 2.42 bits per heavy atom. The number of aliphatic carboxylic acids is 1. The number of aryl methyl sites for hydroxylation is 2. The van der Waals surface area contributed by atoms with E-state index < -0.39 is 11.5 Å². The fourth-order valence-electron chi connectivity index (χ4n) is 3.17. The summed E-state index contributed by atoms with van der Waals surface area (Å²) in [7, 11) is 0. The smallest absolute Gasteiger partial charge is 0.329 e. The van der Waals surface area contributed by atoms with Crippen LogP contribution in [0.25, 0.3) is 0 Å². The van der Waals surface area contributed by atoms with Gasteiger partial charge >= 0.3 is 5.97 Å². The summed E-state index contributed by atoms with van der Waals surface area (Å²) >= 11 is 0. The van der Waals surface area contributed by atoms with Crippen molar-refractivity contribution in [2.45, 2.75) is 38.8 Å². The summed E-state index contributed by atoms with van der Waals surface area (Å²) in [5, 5.41) is 16.7. The first-order chi connectivity index (χ1) is 12.4. The number of nitrogens with one attached hydrogen (secondary N) is 1. The molecule has 1 amide bonds. The summed E-state index contributed by atoms with van der Waals surface area (Å²) in [5.41, 5.74) is 2.25. The van der Waals surface area contributed by atoms with Crippen LogP contribution >= 0.6 is 0 Å². The van der Waals surface area contributed by atoms with Crippen molar-refractivity contribution >= 4 is 11.9 Å². The van der Waals surface area contributed by atoms with E-state index in [0.29, 0.717) is 25.3 Å². The molecule has 3 rings (SSSR count). The maximum Gasteiger partial charge on any atom is 0.329 e. The monoisotopic (exact) mass is 357 g/mol. The van der Waals surface area contributed by atoms with Crippen molar-refractivity contribution in [1.82, 2.24) is 15.1 Å². The molecule has 2 aromatic rings. The lowest BCUT2D eigenvalue weighted by atomic mass is 9.89. The van der Waals surface area contributed by atoms with Crippen LogP contribution in [0.4, 0.5) is 0 Å². The minimum atomic E-state index is -1.25. The molecule has 7 nitrogen and oxygen atoms in total. The Bertz CT molecular complexity index is 805. The topological polar surface area (TPSA) is 93.5 Å². The standard InChI is InChI=1S/C19H23N3O4/c1-13-11-14(2)22(21-13)12-15-3-5-16(6-4-15)17(23)20-19(18(24)25)7-9-26-10-8-19/h3-6,11H,7-10,12H2,1-2H3,(H,20,23)(H,24,25). The minimum absolute atomic E-state index is 0.268. The highest BCUT2D eigenvalue weighted by Gasteiger charge is 2.41.